The molecule has 6 heteroatoms. The highest BCUT2D eigenvalue weighted by Crippen LogP contribution is 2.29. The lowest BCUT2D eigenvalue weighted by molar-refractivity contribution is 0.0907. The predicted octanol–water partition coefficient (Wildman–Crippen LogP) is 3.09. The fourth-order valence-electron chi connectivity index (χ4n) is 3.67. The van der Waals surface area contributed by atoms with Crippen LogP contribution in [0.15, 0.2) is 42.7 Å². The summed E-state index contributed by atoms with van der Waals surface area (Å²) in [5.41, 5.74) is 3.63. The van der Waals surface area contributed by atoms with Crippen LogP contribution in [-0.2, 0) is 12.1 Å². The summed E-state index contributed by atoms with van der Waals surface area (Å²) < 4.78 is 5.86. The third-order valence-corrected chi connectivity index (χ3v) is 5.07. The molecule has 0 radical (unpaired) electrons. The largest absolute Gasteiger partial charge is 0.491 e. The van der Waals surface area contributed by atoms with E-state index in [4.69, 9.17) is 4.74 Å². The van der Waals surface area contributed by atoms with Crippen LogP contribution in [0.2, 0.25) is 0 Å². The van der Waals surface area contributed by atoms with Crippen LogP contribution in [0.3, 0.4) is 0 Å². The molecular weight excluding hydrogens is 352 g/mol. The second-order valence-electron chi connectivity index (χ2n) is 7.59. The number of hydrogen-bond donors (Lipinski definition) is 2. The number of carbonyl (C=O) groups excluding carboxylic acids is 1. The number of nitrogens with zero attached hydrogens (tertiary/aromatic N) is 2. The van der Waals surface area contributed by atoms with E-state index in [0.717, 1.165) is 34.3 Å². The zero-order valence-corrected chi connectivity index (χ0v) is 16.4. The number of fused-ring (bicyclic) bond motifs is 2. The summed E-state index contributed by atoms with van der Waals surface area (Å²) in [4.78, 5) is 22.1. The van der Waals surface area contributed by atoms with Gasteiger partial charge in [0.15, 0.2) is 0 Å². The van der Waals surface area contributed by atoms with Gasteiger partial charge in [-0.1, -0.05) is 30.3 Å². The quantitative estimate of drug-likeness (QED) is 0.735. The summed E-state index contributed by atoms with van der Waals surface area (Å²) in [6.45, 7) is 7.92. The van der Waals surface area contributed by atoms with Crippen molar-refractivity contribution in [2.45, 2.75) is 32.9 Å². The molecule has 0 fully saturated rings. The van der Waals surface area contributed by atoms with E-state index in [-0.39, 0.29) is 5.91 Å². The third kappa shape index (κ3) is 3.31. The molecule has 1 amide bonds. The zero-order valence-electron chi connectivity index (χ0n) is 16.4. The van der Waals surface area contributed by atoms with E-state index in [1.165, 1.54) is 0 Å². The van der Waals surface area contributed by atoms with E-state index in [9.17, 15) is 4.79 Å². The van der Waals surface area contributed by atoms with Gasteiger partial charge in [-0.25, -0.2) is 9.97 Å². The average Bonchev–Trinajstić information content (AvgIpc) is 2.93. The molecule has 6 nitrogen and oxygen atoms in total. The molecule has 0 aliphatic carbocycles. The number of nitrogens with one attached hydrogen (secondary N) is 2. The van der Waals surface area contributed by atoms with E-state index in [2.05, 4.69) is 20.6 Å². The summed E-state index contributed by atoms with van der Waals surface area (Å²) in [7, 11) is 0. The SMILES string of the molecule is Cc1cccc2c(C(C)(C)NC(=O)c3cccc4c3OCCNC4)ncnc12. The van der Waals surface area contributed by atoms with Crippen LogP contribution in [-0.4, -0.2) is 29.0 Å². The van der Waals surface area contributed by atoms with Crippen LogP contribution < -0.4 is 15.4 Å². The molecule has 28 heavy (non-hydrogen) atoms. The molecule has 0 spiro atoms. The van der Waals surface area contributed by atoms with Crippen molar-refractivity contribution in [3.63, 3.8) is 0 Å². The average molecular weight is 376 g/mol. The standard InChI is InChI=1S/C22H24N4O2/c1-14-6-4-8-16-18(14)24-13-25-20(16)22(2,3)26-21(27)17-9-5-7-15-12-23-10-11-28-19(15)17/h4-9,13,23H,10-12H2,1-3H3,(H,26,27). The maximum absolute atomic E-state index is 13.2. The molecule has 4 rings (SSSR count). The fourth-order valence-corrected chi connectivity index (χ4v) is 3.67. The van der Waals surface area contributed by atoms with Crippen LogP contribution in [0.25, 0.3) is 10.9 Å². The highest BCUT2D eigenvalue weighted by atomic mass is 16.5. The van der Waals surface area contributed by atoms with Gasteiger partial charge in [0.05, 0.1) is 22.3 Å². The fraction of sp³-hybridized carbons (Fsp3) is 0.318. The lowest BCUT2D eigenvalue weighted by Crippen LogP contribution is -2.42. The van der Waals surface area contributed by atoms with Gasteiger partial charge in [-0.05, 0) is 32.4 Å². The second kappa shape index (κ2) is 7.20. The Bertz CT molecular complexity index is 1050. The van der Waals surface area contributed by atoms with Gasteiger partial charge in [0.2, 0.25) is 0 Å². The van der Waals surface area contributed by atoms with Gasteiger partial charge in [-0.3, -0.25) is 4.79 Å². The number of aryl methyl sites for hydroxylation is 1. The minimum Gasteiger partial charge on any atom is -0.491 e. The lowest BCUT2D eigenvalue weighted by Gasteiger charge is -2.27. The minimum atomic E-state index is -0.683. The summed E-state index contributed by atoms with van der Waals surface area (Å²) in [5.74, 6) is 0.479. The lowest BCUT2D eigenvalue weighted by atomic mass is 9.94. The normalized spacial score (nSPS) is 14.1. The van der Waals surface area contributed by atoms with Crippen LogP contribution >= 0.6 is 0 Å². The summed E-state index contributed by atoms with van der Waals surface area (Å²) in [6, 6.07) is 11.7. The number of rotatable bonds is 3. The Morgan fingerprint density at radius 3 is 2.86 bits per heavy atom. The molecule has 2 heterocycles. The molecular formula is C22H24N4O2. The van der Waals surface area contributed by atoms with E-state index >= 15 is 0 Å². The Balaban J connectivity index is 1.70. The van der Waals surface area contributed by atoms with Gasteiger partial charge in [0.1, 0.15) is 18.7 Å². The highest BCUT2D eigenvalue weighted by Gasteiger charge is 2.29. The van der Waals surface area contributed by atoms with Gasteiger partial charge in [-0.15, -0.1) is 0 Å². The first-order valence-electron chi connectivity index (χ1n) is 9.46. The van der Waals surface area contributed by atoms with Crippen molar-refractivity contribution in [3.8, 4) is 5.75 Å². The van der Waals surface area contributed by atoms with Crippen molar-refractivity contribution < 1.29 is 9.53 Å². The summed E-state index contributed by atoms with van der Waals surface area (Å²) in [6.07, 6.45) is 1.56. The van der Waals surface area contributed by atoms with Crippen molar-refractivity contribution in [1.82, 2.24) is 20.6 Å². The van der Waals surface area contributed by atoms with Crippen LogP contribution in [0.1, 0.15) is 41.0 Å². The third-order valence-electron chi connectivity index (χ3n) is 5.07. The molecule has 0 bridgehead atoms. The molecule has 0 saturated carbocycles. The maximum Gasteiger partial charge on any atom is 0.255 e. The van der Waals surface area contributed by atoms with Gasteiger partial charge >= 0.3 is 0 Å². The van der Waals surface area contributed by atoms with E-state index < -0.39 is 5.54 Å². The molecule has 0 saturated heterocycles. The molecule has 2 aromatic carbocycles. The topological polar surface area (TPSA) is 76.1 Å². The van der Waals surface area contributed by atoms with Gasteiger partial charge in [0, 0.05) is 24.0 Å². The smallest absolute Gasteiger partial charge is 0.255 e. The summed E-state index contributed by atoms with van der Waals surface area (Å²) in [5, 5.41) is 7.38. The Kier molecular flexibility index (Phi) is 4.73. The first-order valence-corrected chi connectivity index (χ1v) is 9.46. The molecule has 2 N–H and O–H groups in total. The molecule has 1 aliphatic heterocycles. The van der Waals surface area contributed by atoms with E-state index in [1.807, 2.05) is 51.1 Å². The van der Waals surface area contributed by atoms with Gasteiger partial charge in [-0.2, -0.15) is 0 Å². The molecule has 0 atom stereocenters. The van der Waals surface area contributed by atoms with Gasteiger partial charge < -0.3 is 15.4 Å². The number of carbonyl (C=O) groups is 1. The predicted molar refractivity (Wildman–Crippen MR) is 108 cm³/mol. The number of ether oxygens (including phenoxy) is 1. The number of hydrogen-bond acceptors (Lipinski definition) is 5. The summed E-state index contributed by atoms with van der Waals surface area (Å²) >= 11 is 0. The maximum atomic E-state index is 13.2. The zero-order chi connectivity index (χ0) is 19.7. The Morgan fingerprint density at radius 1 is 1.18 bits per heavy atom. The molecule has 1 aromatic heterocycles. The monoisotopic (exact) mass is 376 g/mol. The van der Waals surface area contributed by atoms with E-state index in [0.29, 0.717) is 24.5 Å². The number of para-hydroxylation sites is 2. The molecule has 0 unspecified atom stereocenters. The molecule has 144 valence electrons. The van der Waals surface area contributed by atoms with Crippen molar-refractivity contribution in [2.75, 3.05) is 13.2 Å². The molecule has 3 aromatic rings. The Hall–Kier alpha value is -2.99. The molecule has 1 aliphatic rings. The van der Waals surface area contributed by atoms with Crippen LogP contribution in [0.5, 0.6) is 5.75 Å². The Labute approximate surface area is 164 Å². The van der Waals surface area contributed by atoms with Crippen molar-refractivity contribution in [3.05, 3.63) is 65.1 Å². The van der Waals surface area contributed by atoms with E-state index in [1.54, 1.807) is 12.4 Å². The number of amides is 1. The second-order valence-corrected chi connectivity index (χ2v) is 7.59. The van der Waals surface area contributed by atoms with Crippen LogP contribution in [0.4, 0.5) is 0 Å². The first kappa shape index (κ1) is 18.4. The first-order chi connectivity index (χ1) is 13.5. The van der Waals surface area contributed by atoms with Crippen LogP contribution in [0, 0.1) is 6.92 Å². The van der Waals surface area contributed by atoms with Crippen molar-refractivity contribution in [1.29, 1.82) is 0 Å². The Morgan fingerprint density at radius 2 is 2.00 bits per heavy atom. The number of benzene rings is 2. The van der Waals surface area contributed by atoms with Crippen molar-refractivity contribution >= 4 is 16.8 Å². The van der Waals surface area contributed by atoms with Gasteiger partial charge in [0.25, 0.3) is 5.91 Å². The highest BCUT2D eigenvalue weighted by molar-refractivity contribution is 5.98. The minimum absolute atomic E-state index is 0.178. The van der Waals surface area contributed by atoms with Crippen molar-refractivity contribution in [2.24, 2.45) is 0 Å². The number of aromatic nitrogens is 2.